The first-order chi connectivity index (χ1) is 8.78. The van der Waals surface area contributed by atoms with Crippen molar-refractivity contribution in [1.29, 1.82) is 0 Å². The largest absolute Gasteiger partial charge is 0.314 e. The first kappa shape index (κ1) is 13.4. The Morgan fingerprint density at radius 3 is 2.83 bits per heavy atom. The molecule has 1 aliphatic rings. The van der Waals surface area contributed by atoms with E-state index in [1.54, 1.807) is 12.3 Å². The molecule has 2 rings (SSSR count). The number of rotatable bonds is 5. The van der Waals surface area contributed by atoms with Crippen molar-refractivity contribution < 1.29 is 4.39 Å². The van der Waals surface area contributed by atoms with Gasteiger partial charge in [0, 0.05) is 18.8 Å². The van der Waals surface area contributed by atoms with E-state index in [-0.39, 0.29) is 5.82 Å². The molecule has 0 aromatic carbocycles. The van der Waals surface area contributed by atoms with E-state index in [1.165, 1.54) is 25.5 Å². The first-order valence-electron chi connectivity index (χ1n) is 6.83. The summed E-state index contributed by atoms with van der Waals surface area (Å²) >= 11 is 0. The standard InChI is InChI=1S/C14H22FN3/c1-2-5-17-14-3-6-18(7-4-14)11-12-8-13(15)10-16-9-12/h8-10,14,17H,2-7,11H2,1H3. The van der Waals surface area contributed by atoms with Gasteiger partial charge in [0.05, 0.1) is 6.20 Å². The van der Waals surface area contributed by atoms with E-state index in [0.29, 0.717) is 6.04 Å². The maximum absolute atomic E-state index is 13.0. The molecule has 4 heteroatoms. The van der Waals surface area contributed by atoms with Crippen LogP contribution in [0.4, 0.5) is 4.39 Å². The Morgan fingerprint density at radius 2 is 2.17 bits per heavy atom. The summed E-state index contributed by atoms with van der Waals surface area (Å²) in [5.41, 5.74) is 0.968. The molecule has 0 amide bonds. The molecule has 0 saturated carbocycles. The molecule has 0 aliphatic carbocycles. The van der Waals surface area contributed by atoms with Crippen molar-refractivity contribution in [3.05, 3.63) is 29.8 Å². The topological polar surface area (TPSA) is 28.2 Å². The normalized spacial score (nSPS) is 18.1. The van der Waals surface area contributed by atoms with Gasteiger partial charge in [-0.3, -0.25) is 9.88 Å². The van der Waals surface area contributed by atoms with Crippen molar-refractivity contribution >= 4 is 0 Å². The fraction of sp³-hybridized carbons (Fsp3) is 0.643. The maximum Gasteiger partial charge on any atom is 0.141 e. The van der Waals surface area contributed by atoms with Gasteiger partial charge in [-0.1, -0.05) is 6.92 Å². The molecule has 1 aromatic heterocycles. The SMILES string of the molecule is CCCNC1CCN(Cc2cncc(F)c2)CC1. The third-order valence-corrected chi connectivity index (χ3v) is 3.44. The summed E-state index contributed by atoms with van der Waals surface area (Å²) in [6.07, 6.45) is 6.57. The van der Waals surface area contributed by atoms with Crippen LogP contribution in [0.2, 0.25) is 0 Å². The lowest BCUT2D eigenvalue weighted by Gasteiger charge is -2.32. The smallest absolute Gasteiger partial charge is 0.141 e. The minimum absolute atomic E-state index is 0.244. The molecule has 0 atom stereocenters. The number of likely N-dealkylation sites (tertiary alicyclic amines) is 1. The zero-order valence-electron chi connectivity index (χ0n) is 11.0. The van der Waals surface area contributed by atoms with E-state index >= 15 is 0 Å². The number of hydrogen-bond donors (Lipinski definition) is 1. The number of nitrogens with one attached hydrogen (secondary N) is 1. The Hall–Kier alpha value is -1.00. The van der Waals surface area contributed by atoms with E-state index in [0.717, 1.165) is 31.7 Å². The third-order valence-electron chi connectivity index (χ3n) is 3.44. The van der Waals surface area contributed by atoms with Gasteiger partial charge in [-0.25, -0.2) is 4.39 Å². The number of piperidine rings is 1. The molecule has 2 heterocycles. The zero-order chi connectivity index (χ0) is 12.8. The van der Waals surface area contributed by atoms with Gasteiger partial charge in [0.25, 0.3) is 0 Å². The highest BCUT2D eigenvalue weighted by atomic mass is 19.1. The highest BCUT2D eigenvalue weighted by molar-refractivity contribution is 5.10. The second-order valence-electron chi connectivity index (χ2n) is 5.02. The van der Waals surface area contributed by atoms with Crippen LogP contribution in [-0.4, -0.2) is 35.6 Å². The fourth-order valence-corrected chi connectivity index (χ4v) is 2.44. The van der Waals surface area contributed by atoms with Gasteiger partial charge in [-0.15, -0.1) is 0 Å². The van der Waals surface area contributed by atoms with Gasteiger partial charge in [0.2, 0.25) is 0 Å². The second-order valence-corrected chi connectivity index (χ2v) is 5.02. The van der Waals surface area contributed by atoms with Crippen molar-refractivity contribution in [2.24, 2.45) is 0 Å². The van der Waals surface area contributed by atoms with Crippen molar-refractivity contribution in [3.63, 3.8) is 0 Å². The predicted octanol–water partition coefficient (Wildman–Crippen LogP) is 2.18. The van der Waals surface area contributed by atoms with Crippen LogP contribution in [0, 0.1) is 5.82 Å². The van der Waals surface area contributed by atoms with Crippen LogP contribution in [0.3, 0.4) is 0 Å². The van der Waals surface area contributed by atoms with Crippen molar-refractivity contribution in [2.75, 3.05) is 19.6 Å². The van der Waals surface area contributed by atoms with Crippen LogP contribution >= 0.6 is 0 Å². The summed E-state index contributed by atoms with van der Waals surface area (Å²) in [7, 11) is 0. The lowest BCUT2D eigenvalue weighted by molar-refractivity contribution is 0.190. The lowest BCUT2D eigenvalue weighted by atomic mass is 10.0. The van der Waals surface area contributed by atoms with Gasteiger partial charge >= 0.3 is 0 Å². The van der Waals surface area contributed by atoms with Gasteiger partial charge in [-0.2, -0.15) is 0 Å². The van der Waals surface area contributed by atoms with Crippen LogP contribution in [0.15, 0.2) is 18.5 Å². The number of halogens is 1. The monoisotopic (exact) mass is 251 g/mol. The predicted molar refractivity (Wildman–Crippen MR) is 70.8 cm³/mol. The number of hydrogen-bond acceptors (Lipinski definition) is 3. The Morgan fingerprint density at radius 1 is 1.39 bits per heavy atom. The van der Waals surface area contributed by atoms with Gasteiger partial charge in [-0.05, 0) is 50.5 Å². The van der Waals surface area contributed by atoms with Crippen molar-refractivity contribution in [3.8, 4) is 0 Å². The summed E-state index contributed by atoms with van der Waals surface area (Å²) < 4.78 is 13.0. The van der Waals surface area contributed by atoms with E-state index in [2.05, 4.69) is 22.1 Å². The second kappa shape index (κ2) is 6.81. The fourth-order valence-electron chi connectivity index (χ4n) is 2.44. The molecular weight excluding hydrogens is 229 g/mol. The molecule has 0 spiro atoms. The molecule has 1 fully saturated rings. The van der Waals surface area contributed by atoms with Crippen molar-refractivity contribution in [1.82, 2.24) is 15.2 Å². The Bertz CT molecular complexity index is 362. The number of aromatic nitrogens is 1. The minimum atomic E-state index is -0.244. The molecular formula is C14H22FN3. The van der Waals surface area contributed by atoms with Crippen LogP contribution < -0.4 is 5.32 Å². The van der Waals surface area contributed by atoms with Gasteiger partial charge < -0.3 is 5.32 Å². The number of pyridine rings is 1. The third kappa shape index (κ3) is 4.03. The molecule has 1 N–H and O–H groups in total. The maximum atomic E-state index is 13.0. The Labute approximate surface area is 108 Å². The summed E-state index contributed by atoms with van der Waals surface area (Å²) in [5, 5.41) is 3.57. The van der Waals surface area contributed by atoms with Gasteiger partial charge in [0.15, 0.2) is 0 Å². The Balaban J connectivity index is 1.76. The molecule has 1 saturated heterocycles. The highest BCUT2D eigenvalue weighted by Crippen LogP contribution is 2.13. The van der Waals surface area contributed by atoms with Crippen molar-refractivity contribution in [2.45, 2.75) is 38.8 Å². The van der Waals surface area contributed by atoms with Crippen LogP contribution in [0.5, 0.6) is 0 Å². The van der Waals surface area contributed by atoms with E-state index < -0.39 is 0 Å². The first-order valence-corrected chi connectivity index (χ1v) is 6.83. The minimum Gasteiger partial charge on any atom is -0.314 e. The molecule has 3 nitrogen and oxygen atoms in total. The zero-order valence-corrected chi connectivity index (χ0v) is 11.0. The molecule has 18 heavy (non-hydrogen) atoms. The highest BCUT2D eigenvalue weighted by Gasteiger charge is 2.18. The summed E-state index contributed by atoms with van der Waals surface area (Å²) in [5.74, 6) is -0.244. The van der Waals surface area contributed by atoms with E-state index in [1.807, 2.05) is 0 Å². The number of nitrogens with zero attached hydrogens (tertiary/aromatic N) is 2. The van der Waals surface area contributed by atoms with Crippen LogP contribution in [-0.2, 0) is 6.54 Å². The van der Waals surface area contributed by atoms with Crippen LogP contribution in [0.1, 0.15) is 31.7 Å². The van der Waals surface area contributed by atoms with Gasteiger partial charge in [0.1, 0.15) is 5.82 Å². The Kier molecular flexibility index (Phi) is 5.08. The summed E-state index contributed by atoms with van der Waals surface area (Å²) in [6.45, 7) is 6.28. The van der Waals surface area contributed by atoms with E-state index in [4.69, 9.17) is 0 Å². The van der Waals surface area contributed by atoms with Crippen LogP contribution in [0.25, 0.3) is 0 Å². The quantitative estimate of drug-likeness (QED) is 0.869. The molecule has 0 radical (unpaired) electrons. The molecule has 100 valence electrons. The molecule has 0 bridgehead atoms. The summed E-state index contributed by atoms with van der Waals surface area (Å²) in [4.78, 5) is 6.27. The molecule has 1 aliphatic heterocycles. The molecule has 0 unspecified atom stereocenters. The van der Waals surface area contributed by atoms with E-state index in [9.17, 15) is 4.39 Å². The average molecular weight is 251 g/mol. The summed E-state index contributed by atoms with van der Waals surface area (Å²) in [6, 6.07) is 2.24. The molecule has 1 aromatic rings. The lowest BCUT2D eigenvalue weighted by Crippen LogP contribution is -2.42. The average Bonchev–Trinajstić information content (AvgIpc) is 2.38.